The first kappa shape index (κ1) is 9.20. The Hall–Kier alpha value is -0.890. The molecule has 1 rings (SSSR count). The zero-order chi connectivity index (χ0) is 9.03. The lowest BCUT2D eigenvalue weighted by Gasteiger charge is -2.11. The topological polar surface area (TPSA) is 82.1 Å². The number of hydrogen-bond acceptors (Lipinski definition) is 5. The lowest BCUT2D eigenvalue weighted by atomic mass is 10.4. The summed E-state index contributed by atoms with van der Waals surface area (Å²) >= 11 is 0. The Morgan fingerprint density at radius 3 is 2.67 bits per heavy atom. The highest BCUT2D eigenvalue weighted by atomic mass is 32.3. The standard InChI is InChI=1S/C5H6O6S/c6-12(7,8)11-10-5-3-1-2-4-9-5/h1-5H,(H,6,7,8). The van der Waals surface area contributed by atoms with Crippen LogP contribution in [0, 0.1) is 0 Å². The molecule has 1 aliphatic heterocycles. The van der Waals surface area contributed by atoms with Crippen LogP contribution in [0.25, 0.3) is 0 Å². The molecule has 1 heterocycles. The van der Waals surface area contributed by atoms with Crippen LogP contribution in [0.5, 0.6) is 0 Å². The molecular weight excluding hydrogens is 188 g/mol. The summed E-state index contributed by atoms with van der Waals surface area (Å²) in [5, 5.41) is 0. The maximum Gasteiger partial charge on any atom is 0.424 e. The second-order valence-corrected chi connectivity index (χ2v) is 2.80. The molecule has 0 aromatic heterocycles. The van der Waals surface area contributed by atoms with Crippen molar-refractivity contribution in [2.24, 2.45) is 0 Å². The van der Waals surface area contributed by atoms with Crippen LogP contribution >= 0.6 is 0 Å². The first-order valence-corrected chi connectivity index (χ1v) is 4.25. The Labute approximate surface area is 68.9 Å². The van der Waals surface area contributed by atoms with Crippen molar-refractivity contribution in [1.29, 1.82) is 0 Å². The molecule has 0 bridgehead atoms. The number of rotatable bonds is 3. The van der Waals surface area contributed by atoms with Gasteiger partial charge in [-0.15, -0.1) is 0 Å². The van der Waals surface area contributed by atoms with Crippen molar-refractivity contribution < 1.29 is 26.9 Å². The Bertz CT molecular complexity index is 289. The van der Waals surface area contributed by atoms with Crippen molar-refractivity contribution >= 4 is 10.4 Å². The second-order valence-electron chi connectivity index (χ2n) is 1.81. The van der Waals surface area contributed by atoms with Gasteiger partial charge in [-0.3, -0.25) is 4.55 Å². The highest BCUT2D eigenvalue weighted by Gasteiger charge is 2.12. The van der Waals surface area contributed by atoms with Gasteiger partial charge in [0.05, 0.1) is 6.26 Å². The normalized spacial score (nSPS) is 22.2. The molecule has 1 atom stereocenters. The fourth-order valence-electron chi connectivity index (χ4n) is 0.512. The van der Waals surface area contributed by atoms with Gasteiger partial charge in [0, 0.05) is 0 Å². The predicted molar refractivity (Wildman–Crippen MR) is 36.9 cm³/mol. The first-order valence-electron chi connectivity index (χ1n) is 2.89. The SMILES string of the molecule is O=S(=O)(O)OOC1C=CC=CO1. The number of allylic oxidation sites excluding steroid dienone is 2. The zero-order valence-corrected chi connectivity index (χ0v) is 6.60. The Balaban J connectivity index is 2.34. The Morgan fingerprint density at radius 1 is 1.42 bits per heavy atom. The lowest BCUT2D eigenvalue weighted by molar-refractivity contribution is -0.290. The van der Waals surface area contributed by atoms with Crippen LogP contribution < -0.4 is 0 Å². The molecule has 1 aliphatic rings. The van der Waals surface area contributed by atoms with E-state index in [1.54, 1.807) is 12.2 Å². The van der Waals surface area contributed by atoms with Gasteiger partial charge in [0.25, 0.3) is 6.29 Å². The van der Waals surface area contributed by atoms with Crippen molar-refractivity contribution in [2.45, 2.75) is 6.29 Å². The molecule has 1 unspecified atom stereocenters. The van der Waals surface area contributed by atoms with E-state index in [2.05, 4.69) is 14.0 Å². The van der Waals surface area contributed by atoms with Gasteiger partial charge in [-0.1, -0.05) is 10.4 Å². The molecule has 0 aromatic carbocycles. The third-order valence-electron chi connectivity index (χ3n) is 0.891. The first-order chi connectivity index (χ1) is 5.58. The zero-order valence-electron chi connectivity index (χ0n) is 5.78. The van der Waals surface area contributed by atoms with E-state index < -0.39 is 16.7 Å². The average Bonchev–Trinajstić information content (AvgIpc) is 2.02. The highest BCUT2D eigenvalue weighted by molar-refractivity contribution is 7.80. The van der Waals surface area contributed by atoms with Crippen LogP contribution in [0.4, 0.5) is 0 Å². The van der Waals surface area contributed by atoms with E-state index in [4.69, 9.17) is 4.55 Å². The van der Waals surface area contributed by atoms with E-state index in [1.165, 1.54) is 12.3 Å². The van der Waals surface area contributed by atoms with Crippen molar-refractivity contribution in [1.82, 2.24) is 0 Å². The van der Waals surface area contributed by atoms with Crippen molar-refractivity contribution in [2.75, 3.05) is 0 Å². The lowest BCUT2D eigenvalue weighted by Crippen LogP contribution is -2.16. The van der Waals surface area contributed by atoms with E-state index in [1.807, 2.05) is 0 Å². The van der Waals surface area contributed by atoms with Crippen molar-refractivity contribution in [3.63, 3.8) is 0 Å². The third-order valence-corrected chi connectivity index (χ3v) is 1.14. The van der Waals surface area contributed by atoms with Gasteiger partial charge in [0.2, 0.25) is 0 Å². The second kappa shape index (κ2) is 3.68. The van der Waals surface area contributed by atoms with E-state index in [0.717, 1.165) is 0 Å². The smallest absolute Gasteiger partial charge is 0.424 e. The summed E-state index contributed by atoms with van der Waals surface area (Å²) in [6, 6.07) is 0. The molecule has 6 nitrogen and oxygen atoms in total. The van der Waals surface area contributed by atoms with Crippen LogP contribution in [-0.2, 0) is 24.4 Å². The molecule has 7 heteroatoms. The molecule has 12 heavy (non-hydrogen) atoms. The number of ether oxygens (including phenoxy) is 1. The molecule has 0 saturated heterocycles. The molecule has 0 amide bonds. The Kier molecular flexibility index (Phi) is 2.82. The van der Waals surface area contributed by atoms with Crippen LogP contribution in [0.15, 0.2) is 24.5 Å². The van der Waals surface area contributed by atoms with Gasteiger partial charge in [-0.2, -0.15) is 13.3 Å². The van der Waals surface area contributed by atoms with E-state index >= 15 is 0 Å². The predicted octanol–water partition coefficient (Wildman–Crippen LogP) is 0.164. The molecule has 1 N–H and O–H groups in total. The van der Waals surface area contributed by atoms with E-state index in [9.17, 15) is 8.42 Å². The number of hydrogen-bond donors (Lipinski definition) is 1. The minimum Gasteiger partial charge on any atom is -0.466 e. The minimum absolute atomic E-state index is 0.961. The van der Waals surface area contributed by atoms with Gasteiger partial charge in [-0.25, -0.2) is 0 Å². The summed E-state index contributed by atoms with van der Waals surface area (Å²) < 4.78 is 36.3. The molecule has 0 aromatic rings. The van der Waals surface area contributed by atoms with Gasteiger partial charge in [0.1, 0.15) is 0 Å². The van der Waals surface area contributed by atoms with Gasteiger partial charge >= 0.3 is 10.4 Å². The quantitative estimate of drug-likeness (QED) is 0.391. The van der Waals surface area contributed by atoms with Crippen LogP contribution in [0.3, 0.4) is 0 Å². The molecule has 0 fully saturated rings. The fourth-order valence-corrected chi connectivity index (χ4v) is 0.688. The Morgan fingerprint density at radius 2 is 2.17 bits per heavy atom. The molecule has 0 aliphatic carbocycles. The summed E-state index contributed by atoms with van der Waals surface area (Å²) in [6.07, 6.45) is 4.87. The monoisotopic (exact) mass is 194 g/mol. The van der Waals surface area contributed by atoms with Crippen molar-refractivity contribution in [3.8, 4) is 0 Å². The van der Waals surface area contributed by atoms with Gasteiger partial charge in [-0.05, 0) is 12.2 Å². The van der Waals surface area contributed by atoms with Crippen LogP contribution in [0.2, 0.25) is 0 Å². The molecule has 68 valence electrons. The van der Waals surface area contributed by atoms with Crippen molar-refractivity contribution in [3.05, 3.63) is 24.5 Å². The maximum atomic E-state index is 9.98. The van der Waals surface area contributed by atoms with Crippen LogP contribution in [-0.4, -0.2) is 19.3 Å². The molecule has 0 saturated carbocycles. The molecular formula is C5H6O6S. The largest absolute Gasteiger partial charge is 0.466 e. The maximum absolute atomic E-state index is 9.98. The third kappa shape index (κ3) is 3.49. The summed E-state index contributed by atoms with van der Waals surface area (Å²) in [4.78, 5) is 4.15. The average molecular weight is 194 g/mol. The van der Waals surface area contributed by atoms with Gasteiger partial charge in [0.15, 0.2) is 0 Å². The van der Waals surface area contributed by atoms with Gasteiger partial charge < -0.3 is 4.74 Å². The van der Waals surface area contributed by atoms with E-state index in [0.29, 0.717) is 0 Å². The highest BCUT2D eigenvalue weighted by Crippen LogP contribution is 2.05. The summed E-state index contributed by atoms with van der Waals surface area (Å²) in [5.74, 6) is 0. The fraction of sp³-hybridized carbons (Fsp3) is 0.200. The molecule has 0 radical (unpaired) electrons. The molecule has 0 spiro atoms. The summed E-state index contributed by atoms with van der Waals surface area (Å²) in [6.45, 7) is 0. The minimum atomic E-state index is -4.58. The summed E-state index contributed by atoms with van der Waals surface area (Å²) in [7, 11) is -4.58. The summed E-state index contributed by atoms with van der Waals surface area (Å²) in [5.41, 5.74) is 0. The van der Waals surface area contributed by atoms with E-state index in [-0.39, 0.29) is 0 Å². The van der Waals surface area contributed by atoms with Crippen LogP contribution in [0.1, 0.15) is 0 Å².